The topological polar surface area (TPSA) is 23.1 Å². The molecule has 65 valence electrons. The molecule has 0 N–H and O–H groups in total. The van der Waals surface area contributed by atoms with Gasteiger partial charge in [-0.15, -0.1) is 10.3 Å². The van der Waals surface area contributed by atoms with E-state index in [0.717, 1.165) is 0 Å². The summed E-state index contributed by atoms with van der Waals surface area (Å²) in [5.74, 6) is 0. The first kappa shape index (κ1) is 1.60. The Balaban J connectivity index is 4.11. The number of rotatable bonds is 0. The minimum Gasteiger partial charge on any atom is -0.144 e. The average molecular weight is 171 g/mol. The molecule has 1 aliphatic rings. The fraction of sp³-hybridized carbons (Fsp3) is 1.00. The van der Waals surface area contributed by atoms with Crippen LogP contribution in [0.2, 0.25) is 0 Å². The van der Waals surface area contributed by atoms with Gasteiger partial charge in [0.2, 0.25) is 0 Å². The van der Waals surface area contributed by atoms with E-state index < -0.39 is 62.7 Å². The minimum atomic E-state index is -3.84. The van der Waals surface area contributed by atoms with Crippen LogP contribution in [0.25, 0.3) is 0 Å². The molecule has 0 amide bonds. The number of hydrogen-bond donors (Lipinski definition) is 0. The average Bonchev–Trinajstić information content (AvgIpc) is 2.30. The molecule has 1 fully saturated rings. The lowest BCUT2D eigenvalue weighted by Crippen LogP contribution is -2.55. The van der Waals surface area contributed by atoms with Gasteiger partial charge < -0.3 is 0 Å². The highest BCUT2D eigenvalue weighted by Crippen LogP contribution is 2.36. The lowest BCUT2D eigenvalue weighted by molar-refractivity contribution is -0.286. The summed E-state index contributed by atoms with van der Waals surface area (Å²) >= 11 is 0. The molecule has 1 radical (unpaired) electrons. The maximum Gasteiger partial charge on any atom is 0.0443 e. The van der Waals surface area contributed by atoms with Crippen LogP contribution in [-0.2, 0) is 5.21 Å². The van der Waals surface area contributed by atoms with Gasteiger partial charge in [-0.3, -0.25) is 0 Å². The van der Waals surface area contributed by atoms with Gasteiger partial charge in [-0.25, -0.2) is 0 Å². The Morgan fingerprint density at radius 2 is 1.73 bits per heavy atom. The van der Waals surface area contributed by atoms with E-state index in [4.69, 9.17) is 20.6 Å². The summed E-state index contributed by atoms with van der Waals surface area (Å²) in [6.45, 7) is -15.4. The summed E-state index contributed by atoms with van der Waals surface area (Å²) < 4.78 is 114. The van der Waals surface area contributed by atoms with Gasteiger partial charge in [-0.2, -0.15) is 0 Å². The van der Waals surface area contributed by atoms with E-state index in [1.165, 1.54) is 0 Å². The summed E-state index contributed by atoms with van der Waals surface area (Å²) in [5, 5.41) is 12.0. The van der Waals surface area contributed by atoms with Gasteiger partial charge in [0.1, 0.15) is 0 Å². The van der Waals surface area contributed by atoms with Crippen molar-refractivity contribution in [2.75, 3.05) is 0 Å². The Morgan fingerprint density at radius 1 is 1.27 bits per heavy atom. The van der Waals surface area contributed by atoms with Gasteiger partial charge in [0.15, 0.2) is 0 Å². The summed E-state index contributed by atoms with van der Waals surface area (Å²) in [4.78, 5) is 0. The first-order valence-electron chi connectivity index (χ1n) is 10.6. The molecule has 1 saturated heterocycles. The summed E-state index contributed by atoms with van der Waals surface area (Å²) in [7, 11) is 0. The molecule has 0 spiro atoms. The zero-order valence-electron chi connectivity index (χ0n) is 20.6. The van der Waals surface area contributed by atoms with Crippen molar-refractivity contribution in [3.63, 3.8) is 0 Å². The Kier molecular flexibility index (Phi) is 0.357. The lowest BCUT2D eigenvalue weighted by Gasteiger charge is -2.46. The molecule has 2 unspecified atom stereocenters. The number of piperidine rings is 1. The molecule has 1 aliphatic heterocycles. The molecule has 1 heterocycles. The highest BCUT2D eigenvalue weighted by atomic mass is 16.5. The fourth-order valence-corrected chi connectivity index (χ4v) is 0.740. The van der Waals surface area contributed by atoms with Gasteiger partial charge in [-0.05, 0) is 46.6 Å². The molecular formula is C9H18NO. The van der Waals surface area contributed by atoms with E-state index in [1.54, 1.807) is 0 Å². The van der Waals surface area contributed by atoms with Crippen molar-refractivity contribution in [3.8, 4) is 0 Å². The molecule has 0 aromatic heterocycles. The predicted molar refractivity (Wildman–Crippen MR) is 44.5 cm³/mol. The highest BCUT2D eigenvalue weighted by molar-refractivity contribution is 4.91. The van der Waals surface area contributed by atoms with Crippen LogP contribution in [-0.4, -0.2) is 16.1 Å². The molecule has 0 aromatic carbocycles. The Hall–Kier alpha value is -0.0800. The van der Waals surface area contributed by atoms with Crippen molar-refractivity contribution in [2.45, 2.75) is 57.7 Å². The molecule has 11 heavy (non-hydrogen) atoms. The smallest absolute Gasteiger partial charge is 0.0443 e. The van der Waals surface area contributed by atoms with Crippen LogP contribution in [0.5, 0.6) is 0 Å². The normalized spacial score (nSPS) is 75.0. The highest BCUT2D eigenvalue weighted by Gasteiger charge is 2.41. The third kappa shape index (κ3) is 1.57. The molecule has 0 aromatic rings. The lowest BCUT2D eigenvalue weighted by atomic mass is 9.82. The predicted octanol–water partition coefficient (Wildman–Crippen LogP) is 2.38. The number of nitrogens with zero attached hydrogens (tertiary/aromatic N) is 1. The third-order valence-corrected chi connectivity index (χ3v) is 1.32. The first-order chi connectivity index (χ1) is 11.1. The summed E-state index contributed by atoms with van der Waals surface area (Å²) in [6.07, 6.45) is -7.55. The molecular weight excluding hydrogens is 138 g/mol. The molecule has 0 bridgehead atoms. The summed E-state index contributed by atoms with van der Waals surface area (Å²) in [5.41, 5.74) is -7.63. The molecule has 2 nitrogen and oxygen atoms in total. The van der Waals surface area contributed by atoms with E-state index in [9.17, 15) is 5.21 Å². The van der Waals surface area contributed by atoms with E-state index in [-0.39, 0.29) is 0 Å². The van der Waals surface area contributed by atoms with Crippen LogP contribution < -0.4 is 0 Å². The van der Waals surface area contributed by atoms with E-state index in [1.807, 2.05) is 0 Å². The third-order valence-electron chi connectivity index (χ3n) is 1.32. The maximum absolute atomic E-state index is 13.1. The van der Waals surface area contributed by atoms with Crippen molar-refractivity contribution < 1.29 is 25.8 Å². The standard InChI is InChI=1S/C9H18NO/c1-8(2)6-5-7-9(3,4)10(8)11/h5-7H2,1-4H3/i1D3,2D3,3D3,4D3,5D,6D,7D. The quantitative estimate of drug-likeness (QED) is 0.549. The molecule has 1 rings (SSSR count). The summed E-state index contributed by atoms with van der Waals surface area (Å²) in [6, 6.07) is 0. The van der Waals surface area contributed by atoms with Crippen molar-refractivity contribution in [1.82, 2.24) is 5.06 Å². The monoisotopic (exact) mass is 171 g/mol. The van der Waals surface area contributed by atoms with Crippen LogP contribution in [0.3, 0.4) is 0 Å². The number of hydrogen-bond acceptors (Lipinski definition) is 1. The van der Waals surface area contributed by atoms with Crippen molar-refractivity contribution in [2.24, 2.45) is 0 Å². The van der Waals surface area contributed by atoms with Crippen LogP contribution in [0.15, 0.2) is 0 Å². The van der Waals surface area contributed by atoms with Crippen molar-refractivity contribution >= 4 is 0 Å². The first-order valence-corrected chi connectivity index (χ1v) is 2.87. The van der Waals surface area contributed by atoms with Crippen molar-refractivity contribution in [3.05, 3.63) is 0 Å². The Morgan fingerprint density at radius 3 is 2.09 bits per heavy atom. The van der Waals surface area contributed by atoms with E-state index in [0.29, 0.717) is 0 Å². The van der Waals surface area contributed by atoms with Crippen LogP contribution in [0, 0.1) is 0 Å². The maximum atomic E-state index is 13.1. The molecule has 2 heteroatoms. The molecule has 0 saturated carbocycles. The Labute approximate surface area is 90.2 Å². The second-order valence-corrected chi connectivity index (χ2v) is 2.35. The van der Waals surface area contributed by atoms with E-state index in [2.05, 4.69) is 0 Å². The number of hydroxylamine groups is 2. The fourth-order valence-electron chi connectivity index (χ4n) is 0.740. The zero-order chi connectivity index (χ0) is 21.3. The molecule has 0 aliphatic carbocycles. The van der Waals surface area contributed by atoms with Crippen LogP contribution in [0.1, 0.15) is 67.2 Å². The van der Waals surface area contributed by atoms with Gasteiger partial charge in [0, 0.05) is 31.6 Å². The SMILES string of the molecule is [2H]C1C([2H])C(C([2H])([2H])[2H])(C([2H])([2H])[2H])N([O])C(C([2H])([2H])[2H])(C([2H])([2H])[2H])C1[2H]. The Bertz CT molecular complexity index is 455. The van der Waals surface area contributed by atoms with Gasteiger partial charge in [0.25, 0.3) is 0 Å². The van der Waals surface area contributed by atoms with Gasteiger partial charge in [-0.1, -0.05) is 0 Å². The minimum absolute atomic E-state index is 1.10. The van der Waals surface area contributed by atoms with Crippen LogP contribution in [0.4, 0.5) is 0 Å². The van der Waals surface area contributed by atoms with E-state index >= 15 is 0 Å². The van der Waals surface area contributed by atoms with Gasteiger partial charge >= 0.3 is 0 Å². The van der Waals surface area contributed by atoms with Crippen molar-refractivity contribution in [1.29, 1.82) is 0 Å². The molecule has 2 atom stereocenters. The second kappa shape index (κ2) is 2.46. The van der Waals surface area contributed by atoms with Crippen LogP contribution >= 0.6 is 0 Å². The largest absolute Gasteiger partial charge is 0.144 e. The zero-order valence-corrected chi connectivity index (χ0v) is 5.59. The second-order valence-electron chi connectivity index (χ2n) is 2.35. The van der Waals surface area contributed by atoms with Gasteiger partial charge in [0.05, 0.1) is 0 Å².